The number of aromatic nitrogens is 1. The first-order valence-electron chi connectivity index (χ1n) is 6.33. The second kappa shape index (κ2) is 6.66. The van der Waals surface area contributed by atoms with Crippen LogP contribution < -0.4 is 10.5 Å². The number of hydrogen-bond acceptors (Lipinski definition) is 5. The van der Waals surface area contributed by atoms with Crippen molar-refractivity contribution in [3.05, 3.63) is 42.6 Å². The Labute approximate surface area is 124 Å². The first-order chi connectivity index (χ1) is 10.0. The van der Waals surface area contributed by atoms with E-state index >= 15 is 0 Å². The number of methoxy groups -OCH3 is 1. The number of nitrogens with two attached hydrogens (primary N) is 1. The third-order valence-electron chi connectivity index (χ3n) is 2.87. The molecule has 3 N–H and O–H groups in total. The van der Waals surface area contributed by atoms with Crippen LogP contribution >= 0.6 is 0 Å². The van der Waals surface area contributed by atoms with Gasteiger partial charge in [0.05, 0.1) is 11.5 Å². The number of nitrogens with one attached hydrogen (secondary N) is 1. The Hall–Kier alpha value is -1.96. The van der Waals surface area contributed by atoms with Gasteiger partial charge < -0.3 is 10.1 Å². The minimum absolute atomic E-state index is 0.0855. The van der Waals surface area contributed by atoms with Gasteiger partial charge in [0, 0.05) is 25.4 Å². The highest BCUT2D eigenvalue weighted by Crippen LogP contribution is 2.22. The average Bonchev–Trinajstić information content (AvgIpc) is 2.47. The lowest BCUT2D eigenvalue weighted by Gasteiger charge is -2.07. The van der Waals surface area contributed by atoms with E-state index in [4.69, 9.17) is 9.88 Å². The number of hydrogen-bond donors (Lipinski definition) is 2. The Balaban J connectivity index is 2.19. The van der Waals surface area contributed by atoms with Gasteiger partial charge in [0.15, 0.2) is 0 Å². The molecular weight excluding hydrogens is 290 g/mol. The van der Waals surface area contributed by atoms with E-state index in [9.17, 15) is 8.42 Å². The van der Waals surface area contributed by atoms with E-state index in [-0.39, 0.29) is 4.90 Å². The van der Waals surface area contributed by atoms with Gasteiger partial charge in [-0.05, 0) is 29.8 Å². The maximum absolute atomic E-state index is 11.4. The first kappa shape index (κ1) is 15.4. The molecule has 0 saturated heterocycles. The molecule has 0 saturated carbocycles. The topological polar surface area (TPSA) is 94.3 Å². The highest BCUT2D eigenvalue weighted by atomic mass is 32.2. The van der Waals surface area contributed by atoms with Gasteiger partial charge in [-0.15, -0.1) is 0 Å². The van der Waals surface area contributed by atoms with Crippen LogP contribution in [0.15, 0.2) is 47.5 Å². The lowest BCUT2D eigenvalue weighted by Crippen LogP contribution is -2.11. The van der Waals surface area contributed by atoms with E-state index in [1.807, 2.05) is 18.2 Å². The molecule has 1 aromatic carbocycles. The second-order valence-corrected chi connectivity index (χ2v) is 5.99. The molecule has 1 heterocycles. The summed E-state index contributed by atoms with van der Waals surface area (Å²) in [5.74, 6) is 0.735. The largest absolute Gasteiger partial charge is 0.383 e. The van der Waals surface area contributed by atoms with Crippen LogP contribution in [0.4, 0.5) is 5.82 Å². The number of sulfonamides is 1. The summed E-state index contributed by atoms with van der Waals surface area (Å²) in [6, 6.07) is 10.2. The number of pyridine rings is 1. The van der Waals surface area contributed by atoms with Crippen molar-refractivity contribution in [3.8, 4) is 11.1 Å². The summed E-state index contributed by atoms with van der Waals surface area (Å²) in [5, 5.41) is 8.24. The molecule has 0 radical (unpaired) electrons. The molecule has 0 spiro atoms. The van der Waals surface area contributed by atoms with E-state index in [1.54, 1.807) is 19.4 Å². The van der Waals surface area contributed by atoms with E-state index < -0.39 is 10.0 Å². The van der Waals surface area contributed by atoms with Crippen LogP contribution in [0.5, 0.6) is 0 Å². The Morgan fingerprint density at radius 1 is 1.24 bits per heavy atom. The van der Waals surface area contributed by atoms with E-state index in [0.717, 1.165) is 16.9 Å². The summed E-state index contributed by atoms with van der Waals surface area (Å²) in [7, 11) is -2.07. The fourth-order valence-electron chi connectivity index (χ4n) is 1.80. The fourth-order valence-corrected chi connectivity index (χ4v) is 2.36. The average molecular weight is 307 g/mol. The molecule has 2 aromatic rings. The molecule has 6 nitrogen and oxygen atoms in total. The highest BCUT2D eigenvalue weighted by Gasteiger charge is 2.09. The van der Waals surface area contributed by atoms with Crippen LogP contribution in [0, 0.1) is 0 Å². The molecule has 21 heavy (non-hydrogen) atoms. The Bertz CT molecular complexity index is 700. The number of ether oxygens (including phenoxy) is 1. The first-order valence-corrected chi connectivity index (χ1v) is 7.87. The summed E-state index contributed by atoms with van der Waals surface area (Å²) in [6.07, 6.45) is 1.68. The third-order valence-corrected chi connectivity index (χ3v) is 3.78. The Morgan fingerprint density at radius 3 is 2.67 bits per heavy atom. The van der Waals surface area contributed by atoms with Gasteiger partial charge in [-0.2, -0.15) is 0 Å². The maximum atomic E-state index is 11.4. The minimum Gasteiger partial charge on any atom is -0.383 e. The number of benzene rings is 1. The van der Waals surface area contributed by atoms with Gasteiger partial charge in [-0.3, -0.25) is 0 Å². The SMILES string of the molecule is COCCNc1ccc(-c2cccc(S(N)(=O)=O)c2)cn1. The Kier molecular flexibility index (Phi) is 4.89. The molecule has 0 unspecified atom stereocenters. The standard InChI is InChI=1S/C14H17N3O3S/c1-20-8-7-16-14-6-5-12(10-17-14)11-3-2-4-13(9-11)21(15,18)19/h2-6,9-10H,7-8H2,1H3,(H,16,17)(H2,15,18,19). The number of anilines is 1. The van der Waals surface area contributed by atoms with Gasteiger partial charge in [0.2, 0.25) is 10.0 Å². The number of rotatable bonds is 6. The predicted molar refractivity (Wildman–Crippen MR) is 81.4 cm³/mol. The second-order valence-electron chi connectivity index (χ2n) is 4.42. The van der Waals surface area contributed by atoms with Crippen molar-refractivity contribution < 1.29 is 13.2 Å². The van der Waals surface area contributed by atoms with Gasteiger partial charge in [0.1, 0.15) is 5.82 Å². The molecule has 1 aromatic heterocycles. The molecule has 0 bridgehead atoms. The summed E-state index contributed by atoms with van der Waals surface area (Å²) >= 11 is 0. The van der Waals surface area contributed by atoms with Crippen molar-refractivity contribution >= 4 is 15.8 Å². The molecule has 2 rings (SSSR count). The molecule has 0 aliphatic rings. The van der Waals surface area contributed by atoms with Crippen molar-refractivity contribution in [2.45, 2.75) is 4.90 Å². The van der Waals surface area contributed by atoms with E-state index in [1.165, 1.54) is 12.1 Å². The summed E-state index contributed by atoms with van der Waals surface area (Å²) in [5.41, 5.74) is 1.57. The molecular formula is C14H17N3O3S. The quantitative estimate of drug-likeness (QED) is 0.788. The smallest absolute Gasteiger partial charge is 0.238 e. The highest BCUT2D eigenvalue weighted by molar-refractivity contribution is 7.89. The van der Waals surface area contributed by atoms with Crippen molar-refractivity contribution in [3.63, 3.8) is 0 Å². The van der Waals surface area contributed by atoms with Crippen molar-refractivity contribution in [1.29, 1.82) is 0 Å². The lowest BCUT2D eigenvalue weighted by atomic mass is 10.1. The van der Waals surface area contributed by atoms with Gasteiger partial charge in [-0.1, -0.05) is 12.1 Å². The molecule has 112 valence electrons. The molecule has 0 aliphatic heterocycles. The van der Waals surface area contributed by atoms with Crippen molar-refractivity contribution in [2.24, 2.45) is 5.14 Å². The lowest BCUT2D eigenvalue weighted by molar-refractivity contribution is 0.210. The molecule has 0 aliphatic carbocycles. The fraction of sp³-hybridized carbons (Fsp3) is 0.214. The van der Waals surface area contributed by atoms with Gasteiger partial charge in [-0.25, -0.2) is 18.5 Å². The summed E-state index contributed by atoms with van der Waals surface area (Å²) < 4.78 is 27.7. The van der Waals surface area contributed by atoms with E-state index in [0.29, 0.717) is 13.2 Å². The summed E-state index contributed by atoms with van der Waals surface area (Å²) in [4.78, 5) is 4.36. The molecule has 0 fully saturated rings. The monoisotopic (exact) mass is 307 g/mol. The van der Waals surface area contributed by atoms with Crippen LogP contribution in [0.2, 0.25) is 0 Å². The van der Waals surface area contributed by atoms with Gasteiger partial charge >= 0.3 is 0 Å². The number of nitrogens with zero attached hydrogens (tertiary/aromatic N) is 1. The zero-order valence-electron chi connectivity index (χ0n) is 11.6. The zero-order chi connectivity index (χ0) is 15.3. The van der Waals surface area contributed by atoms with E-state index in [2.05, 4.69) is 10.3 Å². The van der Waals surface area contributed by atoms with Crippen LogP contribution in [-0.4, -0.2) is 33.7 Å². The zero-order valence-corrected chi connectivity index (χ0v) is 12.4. The predicted octanol–water partition coefficient (Wildman–Crippen LogP) is 1.45. The Morgan fingerprint density at radius 2 is 2.05 bits per heavy atom. The van der Waals surface area contributed by atoms with Crippen LogP contribution in [0.3, 0.4) is 0 Å². The molecule has 0 amide bonds. The van der Waals surface area contributed by atoms with Crippen LogP contribution in [0.1, 0.15) is 0 Å². The molecule has 0 atom stereocenters. The maximum Gasteiger partial charge on any atom is 0.238 e. The van der Waals surface area contributed by atoms with Gasteiger partial charge in [0.25, 0.3) is 0 Å². The third kappa shape index (κ3) is 4.25. The normalized spacial score (nSPS) is 11.3. The van der Waals surface area contributed by atoms with Crippen molar-refractivity contribution in [2.75, 3.05) is 25.6 Å². The van der Waals surface area contributed by atoms with Crippen LogP contribution in [-0.2, 0) is 14.8 Å². The summed E-state index contributed by atoms with van der Waals surface area (Å²) in [6.45, 7) is 1.27. The van der Waals surface area contributed by atoms with Crippen molar-refractivity contribution in [1.82, 2.24) is 4.98 Å². The minimum atomic E-state index is -3.70. The van der Waals surface area contributed by atoms with Crippen LogP contribution in [0.25, 0.3) is 11.1 Å². The number of primary sulfonamides is 1. The molecule has 7 heteroatoms.